The molecule has 5 heteroatoms. The van der Waals surface area contributed by atoms with Crippen molar-refractivity contribution in [2.45, 2.75) is 19.5 Å². The standard InChI is InChI=1S/C20H28N4O/c1-16(18-4-6-19(25-3)7-5-18)22-15-17-8-9-21-20(14-17)24-12-10-23(2)11-13-24/h4-9,14,16,22H,10-13,15H2,1-3H3/t16-/m1/s1. The van der Waals surface area contributed by atoms with Crippen LogP contribution in [0, 0.1) is 0 Å². The first-order valence-corrected chi connectivity index (χ1v) is 8.91. The van der Waals surface area contributed by atoms with E-state index in [1.165, 1.54) is 11.1 Å². The molecule has 1 atom stereocenters. The smallest absolute Gasteiger partial charge is 0.128 e. The van der Waals surface area contributed by atoms with E-state index in [0.717, 1.165) is 44.3 Å². The van der Waals surface area contributed by atoms with Crippen LogP contribution in [0.25, 0.3) is 0 Å². The minimum atomic E-state index is 0.283. The number of methoxy groups -OCH3 is 1. The molecule has 0 bridgehead atoms. The predicted octanol–water partition coefficient (Wildman–Crippen LogP) is 2.69. The Hall–Kier alpha value is -2.11. The van der Waals surface area contributed by atoms with Crippen molar-refractivity contribution >= 4 is 5.82 Å². The molecule has 1 aromatic heterocycles. The molecule has 1 aliphatic rings. The summed E-state index contributed by atoms with van der Waals surface area (Å²) in [7, 11) is 3.86. The number of rotatable bonds is 6. The average molecular weight is 340 g/mol. The second kappa shape index (κ2) is 8.32. The van der Waals surface area contributed by atoms with Crippen LogP contribution in [-0.2, 0) is 6.54 Å². The summed E-state index contributed by atoms with van der Waals surface area (Å²) in [6.07, 6.45) is 1.92. The minimum absolute atomic E-state index is 0.283. The molecule has 2 heterocycles. The molecule has 25 heavy (non-hydrogen) atoms. The monoisotopic (exact) mass is 340 g/mol. The molecule has 1 saturated heterocycles. The molecule has 0 radical (unpaired) electrons. The van der Waals surface area contributed by atoms with E-state index >= 15 is 0 Å². The van der Waals surface area contributed by atoms with Crippen LogP contribution in [0.5, 0.6) is 5.75 Å². The summed E-state index contributed by atoms with van der Waals surface area (Å²) in [6, 6.07) is 12.8. The van der Waals surface area contributed by atoms with Crippen molar-refractivity contribution < 1.29 is 4.74 Å². The molecule has 1 aliphatic heterocycles. The number of anilines is 1. The van der Waals surface area contributed by atoms with Gasteiger partial charge < -0.3 is 19.9 Å². The maximum Gasteiger partial charge on any atom is 0.128 e. The highest BCUT2D eigenvalue weighted by Crippen LogP contribution is 2.19. The number of piperazine rings is 1. The van der Waals surface area contributed by atoms with E-state index in [9.17, 15) is 0 Å². The lowest BCUT2D eigenvalue weighted by atomic mass is 10.1. The molecule has 1 aromatic carbocycles. The van der Waals surface area contributed by atoms with E-state index in [1.807, 2.05) is 18.3 Å². The van der Waals surface area contributed by atoms with Gasteiger partial charge in [0.25, 0.3) is 0 Å². The van der Waals surface area contributed by atoms with Gasteiger partial charge in [-0.1, -0.05) is 12.1 Å². The number of hydrogen-bond acceptors (Lipinski definition) is 5. The second-order valence-corrected chi connectivity index (χ2v) is 6.69. The molecule has 2 aromatic rings. The first kappa shape index (κ1) is 17.7. The van der Waals surface area contributed by atoms with E-state index in [4.69, 9.17) is 4.74 Å². The molecule has 0 spiro atoms. The SMILES string of the molecule is COc1ccc([C@@H](C)NCc2ccnc(N3CCN(C)CC3)c2)cc1. The Kier molecular flexibility index (Phi) is 5.89. The van der Waals surface area contributed by atoms with Crippen molar-refractivity contribution in [2.75, 3.05) is 45.2 Å². The summed E-state index contributed by atoms with van der Waals surface area (Å²) in [5.41, 5.74) is 2.53. The molecular formula is C20H28N4O. The third kappa shape index (κ3) is 4.71. The molecule has 0 unspecified atom stereocenters. The first-order valence-electron chi connectivity index (χ1n) is 8.91. The quantitative estimate of drug-likeness (QED) is 0.875. The van der Waals surface area contributed by atoms with E-state index in [-0.39, 0.29) is 6.04 Å². The third-order valence-corrected chi connectivity index (χ3v) is 4.87. The maximum absolute atomic E-state index is 5.22. The van der Waals surface area contributed by atoms with Gasteiger partial charge in [-0.2, -0.15) is 0 Å². The zero-order chi connectivity index (χ0) is 17.6. The zero-order valence-electron chi connectivity index (χ0n) is 15.4. The molecule has 0 aliphatic carbocycles. The highest BCUT2D eigenvalue weighted by molar-refractivity contribution is 5.41. The first-order chi connectivity index (χ1) is 12.2. The number of nitrogens with zero attached hydrogens (tertiary/aromatic N) is 3. The molecule has 0 saturated carbocycles. The largest absolute Gasteiger partial charge is 0.497 e. The number of benzene rings is 1. The Bertz CT molecular complexity index is 666. The maximum atomic E-state index is 5.22. The van der Waals surface area contributed by atoms with Crippen molar-refractivity contribution in [3.63, 3.8) is 0 Å². The Morgan fingerprint density at radius 1 is 1.12 bits per heavy atom. The normalized spacial score (nSPS) is 16.7. The average Bonchev–Trinajstić information content (AvgIpc) is 2.67. The van der Waals surface area contributed by atoms with Gasteiger partial charge in [0.1, 0.15) is 11.6 Å². The van der Waals surface area contributed by atoms with Crippen LogP contribution >= 0.6 is 0 Å². The fraction of sp³-hybridized carbons (Fsp3) is 0.450. The van der Waals surface area contributed by atoms with Crippen molar-refractivity contribution in [3.8, 4) is 5.75 Å². The number of hydrogen-bond donors (Lipinski definition) is 1. The van der Waals surface area contributed by atoms with Gasteiger partial charge in [-0.25, -0.2) is 4.98 Å². The van der Waals surface area contributed by atoms with Crippen LogP contribution in [0.3, 0.4) is 0 Å². The van der Waals surface area contributed by atoms with Crippen LogP contribution in [0.15, 0.2) is 42.6 Å². The highest BCUT2D eigenvalue weighted by atomic mass is 16.5. The molecule has 134 valence electrons. The summed E-state index contributed by atoms with van der Waals surface area (Å²) in [5, 5.41) is 3.59. The number of ether oxygens (including phenoxy) is 1. The number of aromatic nitrogens is 1. The Balaban J connectivity index is 1.58. The van der Waals surface area contributed by atoms with E-state index < -0.39 is 0 Å². The van der Waals surface area contributed by atoms with Gasteiger partial charge in [-0.05, 0) is 49.4 Å². The fourth-order valence-electron chi connectivity index (χ4n) is 3.06. The number of nitrogens with one attached hydrogen (secondary N) is 1. The van der Waals surface area contributed by atoms with Crippen LogP contribution in [0.1, 0.15) is 24.1 Å². The fourth-order valence-corrected chi connectivity index (χ4v) is 3.06. The highest BCUT2D eigenvalue weighted by Gasteiger charge is 2.15. The Morgan fingerprint density at radius 3 is 2.52 bits per heavy atom. The van der Waals surface area contributed by atoms with Gasteiger partial charge in [0, 0.05) is 45.0 Å². The molecule has 5 nitrogen and oxygen atoms in total. The van der Waals surface area contributed by atoms with Gasteiger partial charge in [0.15, 0.2) is 0 Å². The predicted molar refractivity (Wildman–Crippen MR) is 102 cm³/mol. The van der Waals surface area contributed by atoms with Gasteiger partial charge in [-0.15, -0.1) is 0 Å². The van der Waals surface area contributed by atoms with Crippen molar-refractivity contribution in [3.05, 3.63) is 53.7 Å². The topological polar surface area (TPSA) is 40.6 Å². The van der Waals surface area contributed by atoms with E-state index in [0.29, 0.717) is 0 Å². The van der Waals surface area contributed by atoms with Crippen molar-refractivity contribution in [1.29, 1.82) is 0 Å². The summed E-state index contributed by atoms with van der Waals surface area (Å²) >= 11 is 0. The minimum Gasteiger partial charge on any atom is -0.497 e. The van der Waals surface area contributed by atoms with Crippen LogP contribution < -0.4 is 15.0 Å². The van der Waals surface area contributed by atoms with Gasteiger partial charge in [0.05, 0.1) is 7.11 Å². The second-order valence-electron chi connectivity index (χ2n) is 6.69. The zero-order valence-corrected chi connectivity index (χ0v) is 15.4. The van der Waals surface area contributed by atoms with E-state index in [1.54, 1.807) is 7.11 Å². The van der Waals surface area contributed by atoms with Crippen molar-refractivity contribution in [2.24, 2.45) is 0 Å². The number of pyridine rings is 1. The van der Waals surface area contributed by atoms with Crippen molar-refractivity contribution in [1.82, 2.24) is 15.2 Å². The lowest BCUT2D eigenvalue weighted by molar-refractivity contribution is 0.312. The lowest BCUT2D eigenvalue weighted by Gasteiger charge is -2.33. The summed E-state index contributed by atoms with van der Waals surface area (Å²) in [5.74, 6) is 1.98. The van der Waals surface area contributed by atoms with Gasteiger partial charge >= 0.3 is 0 Å². The molecule has 3 rings (SSSR count). The van der Waals surface area contributed by atoms with Crippen LogP contribution in [-0.4, -0.2) is 50.2 Å². The summed E-state index contributed by atoms with van der Waals surface area (Å²) < 4.78 is 5.22. The Labute approximate surface area is 150 Å². The van der Waals surface area contributed by atoms with E-state index in [2.05, 4.69) is 58.3 Å². The van der Waals surface area contributed by atoms with Crippen LogP contribution in [0.4, 0.5) is 5.82 Å². The van der Waals surface area contributed by atoms with Crippen LogP contribution in [0.2, 0.25) is 0 Å². The molecule has 1 N–H and O–H groups in total. The number of likely N-dealkylation sites (N-methyl/N-ethyl adjacent to an activating group) is 1. The third-order valence-electron chi connectivity index (χ3n) is 4.87. The summed E-state index contributed by atoms with van der Waals surface area (Å²) in [4.78, 5) is 9.29. The van der Waals surface area contributed by atoms with Gasteiger partial charge in [-0.3, -0.25) is 0 Å². The lowest BCUT2D eigenvalue weighted by Crippen LogP contribution is -2.44. The molecule has 0 amide bonds. The Morgan fingerprint density at radius 2 is 1.84 bits per heavy atom. The molecule has 1 fully saturated rings. The summed E-state index contributed by atoms with van der Waals surface area (Å²) in [6.45, 7) is 7.30. The molecular weight excluding hydrogens is 312 g/mol. The van der Waals surface area contributed by atoms with Gasteiger partial charge in [0.2, 0.25) is 0 Å².